The van der Waals surface area contributed by atoms with E-state index in [1.54, 1.807) is 25.3 Å². The number of hydrogen-bond acceptors (Lipinski definition) is 5. The van der Waals surface area contributed by atoms with E-state index in [1.807, 2.05) is 11.8 Å². The van der Waals surface area contributed by atoms with Crippen molar-refractivity contribution in [1.82, 2.24) is 14.5 Å². The average molecular weight is 343 g/mol. The predicted octanol–water partition coefficient (Wildman–Crippen LogP) is 2.66. The van der Waals surface area contributed by atoms with Crippen molar-refractivity contribution < 1.29 is 9.21 Å². The number of aryl methyl sites for hydroxylation is 2. The molecule has 0 saturated heterocycles. The zero-order valence-electron chi connectivity index (χ0n) is 13.7. The summed E-state index contributed by atoms with van der Waals surface area (Å²) in [4.78, 5) is 33.0. The molecule has 1 aliphatic rings. The molecule has 7 heteroatoms. The summed E-state index contributed by atoms with van der Waals surface area (Å²) in [6, 6.07) is 2.06. The molecule has 4 rings (SSSR count). The highest BCUT2D eigenvalue weighted by Crippen LogP contribution is 2.35. The highest BCUT2D eigenvalue weighted by molar-refractivity contribution is 7.10. The second-order valence-electron chi connectivity index (χ2n) is 6.10. The number of furan rings is 1. The zero-order valence-corrected chi connectivity index (χ0v) is 14.5. The summed E-state index contributed by atoms with van der Waals surface area (Å²) in [6.07, 6.45) is 2.25. The maximum Gasteiger partial charge on any atom is 0.265 e. The molecule has 124 valence electrons. The van der Waals surface area contributed by atoms with E-state index in [-0.39, 0.29) is 28.6 Å². The Bertz CT molecular complexity index is 1010. The van der Waals surface area contributed by atoms with E-state index in [2.05, 4.69) is 16.4 Å². The Morgan fingerprint density at radius 2 is 2.25 bits per heavy atom. The van der Waals surface area contributed by atoms with Crippen molar-refractivity contribution in [2.24, 2.45) is 7.05 Å². The van der Waals surface area contributed by atoms with E-state index >= 15 is 0 Å². The van der Waals surface area contributed by atoms with Crippen molar-refractivity contribution in [3.05, 3.63) is 49.9 Å². The van der Waals surface area contributed by atoms with Crippen LogP contribution in [0.1, 0.15) is 39.5 Å². The van der Waals surface area contributed by atoms with Crippen LogP contribution in [0.25, 0.3) is 11.1 Å². The molecule has 1 amide bonds. The normalized spacial score (nSPS) is 17.3. The monoisotopic (exact) mass is 343 g/mol. The lowest BCUT2D eigenvalue weighted by molar-refractivity contribution is 0.0679. The van der Waals surface area contributed by atoms with Crippen LogP contribution in [0.3, 0.4) is 0 Å². The third kappa shape index (κ3) is 2.04. The van der Waals surface area contributed by atoms with Crippen molar-refractivity contribution in [2.75, 3.05) is 6.54 Å². The number of amides is 1. The Morgan fingerprint density at radius 1 is 1.46 bits per heavy atom. The Hall–Kier alpha value is -2.41. The quantitative estimate of drug-likeness (QED) is 0.681. The Balaban J connectivity index is 1.84. The van der Waals surface area contributed by atoms with Crippen LogP contribution in [0.5, 0.6) is 0 Å². The number of fused-ring (bicyclic) bond motifs is 2. The summed E-state index contributed by atoms with van der Waals surface area (Å²) in [7, 11) is 1.62. The number of rotatable bonds is 1. The summed E-state index contributed by atoms with van der Waals surface area (Å²) < 4.78 is 6.93. The van der Waals surface area contributed by atoms with Gasteiger partial charge in [-0.2, -0.15) is 0 Å². The molecule has 1 atom stereocenters. The van der Waals surface area contributed by atoms with Gasteiger partial charge in [-0.25, -0.2) is 4.98 Å². The zero-order chi connectivity index (χ0) is 17.0. The molecule has 0 spiro atoms. The van der Waals surface area contributed by atoms with Gasteiger partial charge < -0.3 is 13.9 Å². The minimum Gasteiger partial charge on any atom is -0.442 e. The van der Waals surface area contributed by atoms with Gasteiger partial charge in [0.1, 0.15) is 17.5 Å². The van der Waals surface area contributed by atoms with Crippen LogP contribution < -0.4 is 5.56 Å². The lowest BCUT2D eigenvalue weighted by Gasteiger charge is -2.33. The third-order valence-electron chi connectivity index (χ3n) is 4.70. The Kier molecular flexibility index (Phi) is 3.35. The van der Waals surface area contributed by atoms with Crippen LogP contribution in [0, 0.1) is 6.92 Å². The van der Waals surface area contributed by atoms with Gasteiger partial charge in [0.15, 0.2) is 0 Å². The minimum atomic E-state index is -0.263. The molecule has 0 radical (unpaired) electrons. The smallest absolute Gasteiger partial charge is 0.265 e. The highest BCUT2D eigenvalue weighted by atomic mass is 32.1. The summed E-state index contributed by atoms with van der Waals surface area (Å²) in [5, 5.41) is 2.33. The molecule has 0 aromatic carbocycles. The third-order valence-corrected chi connectivity index (χ3v) is 5.70. The SMILES string of the molecule is Cc1oc2ncn(C)c(=O)c2c1C(=O)N1CCc2sccc2[C@@H]1C. The summed E-state index contributed by atoms with van der Waals surface area (Å²) in [5.41, 5.74) is 1.49. The van der Waals surface area contributed by atoms with E-state index in [0.717, 1.165) is 6.42 Å². The van der Waals surface area contributed by atoms with Gasteiger partial charge in [0.05, 0.1) is 11.6 Å². The molecule has 0 N–H and O–H groups in total. The van der Waals surface area contributed by atoms with Gasteiger partial charge in [-0.3, -0.25) is 9.59 Å². The number of nitrogens with zero attached hydrogens (tertiary/aromatic N) is 3. The molecule has 24 heavy (non-hydrogen) atoms. The largest absolute Gasteiger partial charge is 0.442 e. The summed E-state index contributed by atoms with van der Waals surface area (Å²) in [6.45, 7) is 4.37. The molecule has 3 aromatic rings. The van der Waals surface area contributed by atoms with E-state index in [9.17, 15) is 9.59 Å². The first-order valence-electron chi connectivity index (χ1n) is 7.81. The van der Waals surface area contributed by atoms with Crippen molar-refractivity contribution >= 4 is 28.3 Å². The van der Waals surface area contributed by atoms with Gasteiger partial charge in [-0.1, -0.05) is 0 Å². The fraction of sp³-hybridized carbons (Fsp3) is 0.353. The first-order chi connectivity index (χ1) is 11.5. The Morgan fingerprint density at radius 3 is 3.04 bits per heavy atom. The molecule has 0 aliphatic carbocycles. The number of aromatic nitrogens is 2. The average Bonchev–Trinajstić information content (AvgIpc) is 3.15. The van der Waals surface area contributed by atoms with Crippen LogP contribution in [0.4, 0.5) is 0 Å². The second kappa shape index (κ2) is 5.31. The standard InChI is InChI=1S/C17H17N3O3S/c1-9-11-5-7-24-12(11)4-6-20(9)17(22)13-10(2)23-15-14(13)16(21)19(3)8-18-15/h5,7-9H,4,6H2,1-3H3/t9-/m0/s1. The number of thiophene rings is 1. The number of carbonyl (C=O) groups excluding carboxylic acids is 1. The van der Waals surface area contributed by atoms with E-state index in [0.29, 0.717) is 17.9 Å². The van der Waals surface area contributed by atoms with Crippen LogP contribution >= 0.6 is 11.3 Å². The fourth-order valence-corrected chi connectivity index (χ4v) is 4.34. The van der Waals surface area contributed by atoms with E-state index in [4.69, 9.17) is 4.42 Å². The topological polar surface area (TPSA) is 68.3 Å². The van der Waals surface area contributed by atoms with Crippen molar-refractivity contribution in [3.63, 3.8) is 0 Å². The molecule has 4 heterocycles. The first kappa shape index (κ1) is 15.1. The minimum absolute atomic E-state index is 0.0163. The van der Waals surface area contributed by atoms with Crippen LogP contribution in [-0.4, -0.2) is 26.9 Å². The van der Waals surface area contributed by atoms with Gasteiger partial charge in [0.25, 0.3) is 11.5 Å². The van der Waals surface area contributed by atoms with Gasteiger partial charge in [-0.05, 0) is 37.3 Å². The van der Waals surface area contributed by atoms with Gasteiger partial charge >= 0.3 is 0 Å². The van der Waals surface area contributed by atoms with Gasteiger partial charge in [0.2, 0.25) is 5.71 Å². The first-order valence-corrected chi connectivity index (χ1v) is 8.69. The molecule has 0 bridgehead atoms. The van der Waals surface area contributed by atoms with E-state index < -0.39 is 0 Å². The van der Waals surface area contributed by atoms with Crippen LogP contribution in [0.15, 0.2) is 27.0 Å². The molecule has 0 fully saturated rings. The number of hydrogen-bond donors (Lipinski definition) is 0. The maximum atomic E-state index is 13.2. The molecular formula is C17H17N3O3S. The molecule has 6 nitrogen and oxygen atoms in total. The van der Waals surface area contributed by atoms with Crippen LogP contribution in [-0.2, 0) is 13.5 Å². The molecule has 0 unspecified atom stereocenters. The molecule has 1 aliphatic heterocycles. The van der Waals surface area contributed by atoms with Crippen molar-refractivity contribution in [1.29, 1.82) is 0 Å². The molecule has 0 saturated carbocycles. The fourth-order valence-electron chi connectivity index (χ4n) is 3.38. The molecule has 3 aromatic heterocycles. The second-order valence-corrected chi connectivity index (χ2v) is 7.10. The predicted molar refractivity (Wildman–Crippen MR) is 91.5 cm³/mol. The van der Waals surface area contributed by atoms with Gasteiger partial charge in [-0.15, -0.1) is 11.3 Å². The van der Waals surface area contributed by atoms with Crippen molar-refractivity contribution in [3.8, 4) is 0 Å². The van der Waals surface area contributed by atoms with Gasteiger partial charge in [0, 0.05) is 18.5 Å². The highest BCUT2D eigenvalue weighted by Gasteiger charge is 2.32. The van der Waals surface area contributed by atoms with Crippen molar-refractivity contribution in [2.45, 2.75) is 26.3 Å². The van der Waals surface area contributed by atoms with E-state index in [1.165, 1.54) is 21.3 Å². The summed E-state index contributed by atoms with van der Waals surface area (Å²) in [5.74, 6) is 0.273. The lowest BCUT2D eigenvalue weighted by atomic mass is 10.00. The Labute approximate surface area is 142 Å². The lowest BCUT2D eigenvalue weighted by Crippen LogP contribution is -2.38. The summed E-state index contributed by atoms with van der Waals surface area (Å²) >= 11 is 1.73. The molecular weight excluding hydrogens is 326 g/mol. The maximum absolute atomic E-state index is 13.2. The number of carbonyl (C=O) groups is 1. The van der Waals surface area contributed by atoms with Crippen LogP contribution in [0.2, 0.25) is 0 Å².